The number of nitrogens with zero attached hydrogens (tertiary/aromatic N) is 2. The number of para-hydroxylation sites is 3. The van der Waals surface area contributed by atoms with Crippen molar-refractivity contribution in [1.29, 1.82) is 0 Å². The molecule has 4 aromatic rings. The molecule has 0 radical (unpaired) electrons. The molecule has 9 nitrogen and oxygen atoms in total. The Labute approximate surface area is 253 Å². The summed E-state index contributed by atoms with van der Waals surface area (Å²) >= 11 is 0. The van der Waals surface area contributed by atoms with Gasteiger partial charge in [0.1, 0.15) is 16.4 Å². The molecule has 5 rings (SSSR count). The van der Waals surface area contributed by atoms with E-state index in [1.165, 1.54) is 6.07 Å². The van der Waals surface area contributed by atoms with Crippen molar-refractivity contribution < 1.29 is 22.7 Å². The van der Waals surface area contributed by atoms with Crippen molar-refractivity contribution in [1.82, 2.24) is 4.72 Å². The van der Waals surface area contributed by atoms with Gasteiger partial charge in [-0.05, 0) is 55.0 Å². The fraction of sp³-hybridized carbons (Fsp3) is 0.242. The zero-order chi connectivity index (χ0) is 30.2. The van der Waals surface area contributed by atoms with Gasteiger partial charge in [0.2, 0.25) is 10.0 Å². The number of piperazine rings is 1. The monoisotopic (exact) mass is 600 g/mol. The van der Waals surface area contributed by atoms with Gasteiger partial charge in [0.05, 0.1) is 18.5 Å². The van der Waals surface area contributed by atoms with Gasteiger partial charge in [-0.25, -0.2) is 13.1 Å². The summed E-state index contributed by atoms with van der Waals surface area (Å²) in [6, 6.07) is 30.9. The van der Waals surface area contributed by atoms with E-state index in [0.717, 1.165) is 17.0 Å². The van der Waals surface area contributed by atoms with Crippen molar-refractivity contribution in [3.8, 4) is 11.5 Å². The second-order valence-electron chi connectivity index (χ2n) is 10.2. The van der Waals surface area contributed by atoms with E-state index in [9.17, 15) is 13.2 Å². The van der Waals surface area contributed by atoms with Crippen LogP contribution in [0.5, 0.6) is 11.5 Å². The summed E-state index contributed by atoms with van der Waals surface area (Å²) in [5.41, 5.74) is 2.80. The lowest BCUT2D eigenvalue weighted by atomic mass is 10.1. The minimum Gasteiger partial charge on any atom is -0.495 e. The first kappa shape index (κ1) is 29.9. The number of nitrogens with one attached hydrogen (secondary N) is 2. The number of carbonyl (C=O) groups is 1. The lowest BCUT2D eigenvalue weighted by Gasteiger charge is -2.38. The average molecular weight is 601 g/mol. The second kappa shape index (κ2) is 13.6. The van der Waals surface area contributed by atoms with Crippen molar-refractivity contribution >= 4 is 33.0 Å². The third kappa shape index (κ3) is 7.46. The van der Waals surface area contributed by atoms with Crippen molar-refractivity contribution in [2.45, 2.75) is 17.9 Å². The number of hydrogen-bond acceptors (Lipinski definition) is 7. The molecule has 0 aromatic heterocycles. The Bertz CT molecular complexity index is 1630. The van der Waals surface area contributed by atoms with Gasteiger partial charge in [0.25, 0.3) is 5.91 Å². The number of ether oxygens (including phenoxy) is 2. The molecule has 0 aliphatic carbocycles. The number of hydrogen-bond donors (Lipinski definition) is 2. The molecule has 1 atom stereocenters. The number of amides is 1. The van der Waals surface area contributed by atoms with E-state index in [2.05, 4.69) is 19.8 Å². The summed E-state index contributed by atoms with van der Waals surface area (Å²) in [6.45, 7) is 4.18. The van der Waals surface area contributed by atoms with Crippen LogP contribution in [-0.2, 0) is 14.8 Å². The maximum Gasteiger partial charge on any atom is 0.262 e. The van der Waals surface area contributed by atoms with Gasteiger partial charge in [0.15, 0.2) is 6.61 Å². The highest BCUT2D eigenvalue weighted by atomic mass is 32.2. The number of benzene rings is 4. The fourth-order valence-electron chi connectivity index (χ4n) is 5.12. The lowest BCUT2D eigenvalue weighted by Crippen LogP contribution is -2.47. The third-order valence-corrected chi connectivity index (χ3v) is 8.89. The molecular formula is C33H36N4O5S. The van der Waals surface area contributed by atoms with Crippen LogP contribution in [0.15, 0.2) is 108 Å². The molecule has 43 heavy (non-hydrogen) atoms. The summed E-state index contributed by atoms with van der Waals surface area (Å²) in [5, 5.41) is 2.78. The van der Waals surface area contributed by atoms with Gasteiger partial charge in [-0.1, -0.05) is 60.7 Å². The topological polar surface area (TPSA) is 100 Å². The van der Waals surface area contributed by atoms with Crippen LogP contribution in [0, 0.1) is 0 Å². The van der Waals surface area contributed by atoms with Crippen molar-refractivity contribution in [2.24, 2.45) is 0 Å². The Morgan fingerprint density at radius 1 is 0.814 bits per heavy atom. The molecule has 1 aliphatic heterocycles. The van der Waals surface area contributed by atoms with E-state index < -0.39 is 22.0 Å². The van der Waals surface area contributed by atoms with Gasteiger partial charge in [-0.2, -0.15) is 0 Å². The van der Waals surface area contributed by atoms with Gasteiger partial charge < -0.3 is 24.6 Å². The summed E-state index contributed by atoms with van der Waals surface area (Å²) in [6.07, 6.45) is 0. The normalized spacial score (nSPS) is 14.2. The zero-order valence-electron chi connectivity index (χ0n) is 24.3. The van der Waals surface area contributed by atoms with Crippen molar-refractivity contribution in [2.75, 3.05) is 55.0 Å². The molecule has 1 heterocycles. The SMILES string of the molecule is COc1ccccc1N1CCN(c2ccc(NC(=O)COc3ccccc3)cc2S(=O)(=O)NC(C)c2ccccc2)CC1. The van der Waals surface area contributed by atoms with Crippen molar-refractivity contribution in [3.05, 3.63) is 109 Å². The van der Waals surface area contributed by atoms with Gasteiger partial charge in [-0.3, -0.25) is 4.79 Å². The molecule has 2 N–H and O–H groups in total. The number of anilines is 3. The first-order chi connectivity index (χ1) is 20.8. The zero-order valence-corrected chi connectivity index (χ0v) is 25.1. The maximum absolute atomic E-state index is 13.9. The van der Waals surface area contributed by atoms with E-state index in [-0.39, 0.29) is 11.5 Å². The van der Waals surface area contributed by atoms with Crippen LogP contribution in [0.1, 0.15) is 18.5 Å². The van der Waals surface area contributed by atoms with Gasteiger partial charge >= 0.3 is 0 Å². The highest BCUT2D eigenvalue weighted by molar-refractivity contribution is 7.89. The van der Waals surface area contributed by atoms with Crippen LogP contribution in [0.2, 0.25) is 0 Å². The van der Waals surface area contributed by atoms with Crippen LogP contribution >= 0.6 is 0 Å². The standard InChI is InChI=1S/C33H36N4O5S/c1-25(26-11-5-3-6-12-26)35-43(39,40)32-23-27(34-33(38)24-42-28-13-7-4-8-14-28)17-18-30(32)37-21-19-36(20-22-37)29-15-9-10-16-31(29)41-2/h3-18,23,25,35H,19-22,24H2,1-2H3,(H,34,38). The van der Waals surface area contributed by atoms with Crippen LogP contribution < -0.4 is 29.3 Å². The molecule has 1 aliphatic rings. The molecule has 0 saturated carbocycles. The van der Waals surface area contributed by atoms with E-state index >= 15 is 0 Å². The van der Waals surface area contributed by atoms with E-state index in [0.29, 0.717) is 43.3 Å². The number of sulfonamides is 1. The molecular weight excluding hydrogens is 564 g/mol. The Hall–Kier alpha value is -4.54. The fourth-order valence-corrected chi connectivity index (χ4v) is 6.60. The van der Waals surface area contributed by atoms with E-state index in [1.54, 1.807) is 31.4 Å². The van der Waals surface area contributed by atoms with E-state index in [4.69, 9.17) is 9.47 Å². The number of methoxy groups -OCH3 is 1. The Morgan fingerprint density at radius 2 is 1.42 bits per heavy atom. The van der Waals surface area contributed by atoms with Crippen LogP contribution in [0.4, 0.5) is 17.1 Å². The summed E-state index contributed by atoms with van der Waals surface area (Å²) in [4.78, 5) is 17.1. The highest BCUT2D eigenvalue weighted by Gasteiger charge is 2.28. The first-order valence-electron chi connectivity index (χ1n) is 14.2. The molecule has 224 valence electrons. The Morgan fingerprint density at radius 3 is 2.09 bits per heavy atom. The van der Waals surface area contributed by atoms with Gasteiger partial charge in [0, 0.05) is 37.9 Å². The second-order valence-corrected chi connectivity index (χ2v) is 11.9. The molecule has 0 spiro atoms. The summed E-state index contributed by atoms with van der Waals surface area (Å²) in [7, 11) is -2.33. The quantitative estimate of drug-likeness (QED) is 0.248. The van der Waals surface area contributed by atoms with Crippen LogP contribution in [0.25, 0.3) is 0 Å². The summed E-state index contributed by atoms with van der Waals surface area (Å²) in [5.74, 6) is 0.980. The van der Waals surface area contributed by atoms with E-state index in [1.807, 2.05) is 79.7 Å². The number of carbonyl (C=O) groups excluding carboxylic acids is 1. The smallest absolute Gasteiger partial charge is 0.262 e. The lowest BCUT2D eigenvalue weighted by molar-refractivity contribution is -0.118. The molecule has 1 saturated heterocycles. The molecule has 1 fully saturated rings. The van der Waals surface area contributed by atoms with Gasteiger partial charge in [-0.15, -0.1) is 0 Å². The largest absolute Gasteiger partial charge is 0.495 e. The molecule has 1 unspecified atom stereocenters. The highest BCUT2D eigenvalue weighted by Crippen LogP contribution is 2.33. The molecule has 0 bridgehead atoms. The predicted octanol–water partition coefficient (Wildman–Crippen LogP) is 5.08. The molecule has 10 heteroatoms. The molecule has 1 amide bonds. The Balaban J connectivity index is 1.37. The predicted molar refractivity (Wildman–Crippen MR) is 170 cm³/mol. The minimum atomic E-state index is -3.99. The maximum atomic E-state index is 13.9. The first-order valence-corrected chi connectivity index (χ1v) is 15.6. The van der Waals surface area contributed by atoms with Crippen molar-refractivity contribution in [3.63, 3.8) is 0 Å². The number of rotatable bonds is 11. The van der Waals surface area contributed by atoms with Crippen LogP contribution in [0.3, 0.4) is 0 Å². The molecule has 4 aromatic carbocycles. The van der Waals surface area contributed by atoms with Crippen LogP contribution in [-0.4, -0.2) is 54.2 Å². The third-order valence-electron chi connectivity index (χ3n) is 7.32. The average Bonchev–Trinajstić information content (AvgIpc) is 3.04. The minimum absolute atomic E-state index is 0.0998. The Kier molecular flexibility index (Phi) is 9.48. The summed E-state index contributed by atoms with van der Waals surface area (Å²) < 4.78 is 41.7.